The molecule has 0 saturated carbocycles. The van der Waals surface area contributed by atoms with Crippen LogP contribution in [0, 0.1) is 11.8 Å². The number of hydrogen-bond acceptors (Lipinski definition) is 2. The molecule has 0 N–H and O–H groups in total. The second-order valence-electron chi connectivity index (χ2n) is 3.82. The summed E-state index contributed by atoms with van der Waals surface area (Å²) in [6.45, 7) is 4.04. The molecule has 0 aromatic rings. The minimum atomic E-state index is 0.139. The van der Waals surface area contributed by atoms with E-state index in [4.69, 9.17) is 9.47 Å². The van der Waals surface area contributed by atoms with Crippen LogP contribution in [-0.2, 0) is 9.47 Å². The van der Waals surface area contributed by atoms with Crippen LogP contribution in [0.4, 0.5) is 0 Å². The average molecular weight is 156 g/mol. The minimum absolute atomic E-state index is 0.139. The summed E-state index contributed by atoms with van der Waals surface area (Å²) < 4.78 is 11.1. The van der Waals surface area contributed by atoms with Crippen molar-refractivity contribution >= 4 is 0 Å². The van der Waals surface area contributed by atoms with Gasteiger partial charge in [0, 0.05) is 12.5 Å². The molecule has 2 fully saturated rings. The third-order valence-electron chi connectivity index (χ3n) is 2.64. The SMILES string of the molecule is CC1COC2OCCCC2C1. The van der Waals surface area contributed by atoms with E-state index in [1.54, 1.807) is 0 Å². The third-order valence-corrected chi connectivity index (χ3v) is 2.64. The summed E-state index contributed by atoms with van der Waals surface area (Å²) in [4.78, 5) is 0. The van der Waals surface area contributed by atoms with Gasteiger partial charge >= 0.3 is 0 Å². The highest BCUT2D eigenvalue weighted by Crippen LogP contribution is 2.32. The highest BCUT2D eigenvalue weighted by Gasteiger charge is 2.32. The smallest absolute Gasteiger partial charge is 0.160 e. The quantitative estimate of drug-likeness (QED) is 0.532. The first-order valence-electron chi connectivity index (χ1n) is 4.59. The van der Waals surface area contributed by atoms with Crippen LogP contribution in [-0.4, -0.2) is 19.5 Å². The molecule has 0 amide bonds. The number of rotatable bonds is 0. The molecule has 2 saturated heterocycles. The lowest BCUT2D eigenvalue weighted by Gasteiger charge is -2.37. The van der Waals surface area contributed by atoms with Gasteiger partial charge in [0.2, 0.25) is 0 Å². The Balaban J connectivity index is 1.93. The molecule has 64 valence electrons. The van der Waals surface area contributed by atoms with Crippen LogP contribution in [0.2, 0.25) is 0 Å². The van der Waals surface area contributed by atoms with Gasteiger partial charge in [0.25, 0.3) is 0 Å². The van der Waals surface area contributed by atoms with Crippen molar-refractivity contribution in [3.8, 4) is 0 Å². The fourth-order valence-corrected chi connectivity index (χ4v) is 2.07. The summed E-state index contributed by atoms with van der Waals surface area (Å²) in [6, 6.07) is 0. The molecule has 0 aromatic heterocycles. The molecular formula is C9H16O2. The van der Waals surface area contributed by atoms with Gasteiger partial charge in [0.1, 0.15) is 0 Å². The van der Waals surface area contributed by atoms with Crippen molar-refractivity contribution < 1.29 is 9.47 Å². The molecule has 3 atom stereocenters. The first-order valence-corrected chi connectivity index (χ1v) is 4.59. The molecule has 0 spiro atoms. The Labute approximate surface area is 67.9 Å². The van der Waals surface area contributed by atoms with Gasteiger partial charge in [0.05, 0.1) is 6.61 Å². The topological polar surface area (TPSA) is 18.5 Å². The molecule has 0 aliphatic carbocycles. The lowest BCUT2D eigenvalue weighted by atomic mass is 9.88. The molecule has 2 nitrogen and oxygen atoms in total. The van der Waals surface area contributed by atoms with E-state index in [0.29, 0.717) is 5.92 Å². The van der Waals surface area contributed by atoms with Crippen LogP contribution in [0.3, 0.4) is 0 Å². The molecule has 2 aliphatic rings. The molecule has 0 radical (unpaired) electrons. The van der Waals surface area contributed by atoms with E-state index in [0.717, 1.165) is 19.1 Å². The van der Waals surface area contributed by atoms with Crippen LogP contribution in [0.5, 0.6) is 0 Å². The summed E-state index contributed by atoms with van der Waals surface area (Å²) in [5.41, 5.74) is 0. The van der Waals surface area contributed by atoms with E-state index >= 15 is 0 Å². The van der Waals surface area contributed by atoms with E-state index in [1.807, 2.05) is 0 Å². The Kier molecular flexibility index (Phi) is 2.14. The van der Waals surface area contributed by atoms with Crippen LogP contribution in [0.15, 0.2) is 0 Å². The maximum Gasteiger partial charge on any atom is 0.160 e. The monoisotopic (exact) mass is 156 g/mol. The molecule has 3 unspecified atom stereocenters. The van der Waals surface area contributed by atoms with E-state index in [1.165, 1.54) is 19.3 Å². The molecule has 2 aliphatic heterocycles. The zero-order chi connectivity index (χ0) is 7.68. The zero-order valence-electron chi connectivity index (χ0n) is 7.08. The van der Waals surface area contributed by atoms with Crippen LogP contribution < -0.4 is 0 Å². The molecule has 2 heterocycles. The normalized spacial score (nSPS) is 45.0. The van der Waals surface area contributed by atoms with Crippen molar-refractivity contribution in [3.05, 3.63) is 0 Å². The number of fused-ring (bicyclic) bond motifs is 1. The van der Waals surface area contributed by atoms with E-state index < -0.39 is 0 Å². The second kappa shape index (κ2) is 3.11. The largest absolute Gasteiger partial charge is 0.352 e. The van der Waals surface area contributed by atoms with Crippen LogP contribution in [0.25, 0.3) is 0 Å². The van der Waals surface area contributed by atoms with Crippen molar-refractivity contribution in [2.75, 3.05) is 13.2 Å². The average Bonchev–Trinajstić information content (AvgIpc) is 2.04. The fourth-order valence-electron chi connectivity index (χ4n) is 2.07. The lowest BCUT2D eigenvalue weighted by molar-refractivity contribution is -0.222. The highest BCUT2D eigenvalue weighted by molar-refractivity contribution is 4.74. The van der Waals surface area contributed by atoms with Gasteiger partial charge in [0.15, 0.2) is 6.29 Å². The lowest BCUT2D eigenvalue weighted by Crippen LogP contribution is -2.38. The van der Waals surface area contributed by atoms with E-state index in [9.17, 15) is 0 Å². The first kappa shape index (κ1) is 7.56. The summed E-state index contributed by atoms with van der Waals surface area (Å²) in [6.07, 6.45) is 3.96. The highest BCUT2D eigenvalue weighted by atomic mass is 16.7. The van der Waals surface area contributed by atoms with Gasteiger partial charge < -0.3 is 9.47 Å². The molecule has 0 aromatic carbocycles. The number of hydrogen-bond donors (Lipinski definition) is 0. The van der Waals surface area contributed by atoms with Gasteiger partial charge in [-0.15, -0.1) is 0 Å². The van der Waals surface area contributed by atoms with Crippen molar-refractivity contribution in [2.24, 2.45) is 11.8 Å². The van der Waals surface area contributed by atoms with Crippen molar-refractivity contribution in [1.82, 2.24) is 0 Å². The van der Waals surface area contributed by atoms with Crippen molar-refractivity contribution in [3.63, 3.8) is 0 Å². The fraction of sp³-hybridized carbons (Fsp3) is 1.00. The van der Waals surface area contributed by atoms with E-state index in [-0.39, 0.29) is 6.29 Å². The van der Waals surface area contributed by atoms with Gasteiger partial charge in [-0.2, -0.15) is 0 Å². The predicted molar refractivity (Wildman–Crippen MR) is 42.2 cm³/mol. The summed E-state index contributed by atoms with van der Waals surface area (Å²) in [5, 5.41) is 0. The summed E-state index contributed by atoms with van der Waals surface area (Å²) >= 11 is 0. The molecular weight excluding hydrogens is 140 g/mol. The Bertz CT molecular complexity index is 136. The Morgan fingerprint density at radius 3 is 3.09 bits per heavy atom. The van der Waals surface area contributed by atoms with Gasteiger partial charge in [-0.1, -0.05) is 6.92 Å². The Morgan fingerprint density at radius 1 is 1.27 bits per heavy atom. The number of ether oxygens (including phenoxy) is 2. The minimum Gasteiger partial charge on any atom is -0.352 e. The first-order chi connectivity index (χ1) is 5.36. The van der Waals surface area contributed by atoms with Gasteiger partial charge in [-0.05, 0) is 25.2 Å². The molecule has 2 heteroatoms. The third kappa shape index (κ3) is 1.57. The second-order valence-corrected chi connectivity index (χ2v) is 3.82. The summed E-state index contributed by atoms with van der Waals surface area (Å²) in [5.74, 6) is 1.42. The van der Waals surface area contributed by atoms with Gasteiger partial charge in [-0.3, -0.25) is 0 Å². The van der Waals surface area contributed by atoms with Crippen LogP contribution in [0.1, 0.15) is 26.2 Å². The molecule has 11 heavy (non-hydrogen) atoms. The summed E-state index contributed by atoms with van der Waals surface area (Å²) in [7, 11) is 0. The maximum atomic E-state index is 5.57. The Morgan fingerprint density at radius 2 is 2.18 bits per heavy atom. The van der Waals surface area contributed by atoms with Crippen molar-refractivity contribution in [2.45, 2.75) is 32.5 Å². The standard InChI is InChI=1S/C9H16O2/c1-7-5-8-3-2-4-10-9(8)11-6-7/h7-9H,2-6H2,1H3. The predicted octanol–water partition coefficient (Wildman–Crippen LogP) is 1.80. The molecule has 0 bridgehead atoms. The van der Waals surface area contributed by atoms with Gasteiger partial charge in [-0.25, -0.2) is 0 Å². The molecule has 2 rings (SSSR count). The van der Waals surface area contributed by atoms with Crippen LogP contribution >= 0.6 is 0 Å². The Hall–Kier alpha value is -0.0800. The zero-order valence-corrected chi connectivity index (χ0v) is 7.08. The van der Waals surface area contributed by atoms with E-state index in [2.05, 4.69) is 6.92 Å². The van der Waals surface area contributed by atoms with Crippen molar-refractivity contribution in [1.29, 1.82) is 0 Å². The maximum absolute atomic E-state index is 5.57.